The summed E-state index contributed by atoms with van der Waals surface area (Å²) in [6, 6.07) is 11.7. The maximum Gasteiger partial charge on any atom is 0.247 e. The van der Waals surface area contributed by atoms with Crippen molar-refractivity contribution in [2.24, 2.45) is 0 Å². The Balaban J connectivity index is 1.76. The number of carbonyl (C=O) groups is 1. The zero-order valence-electron chi connectivity index (χ0n) is 12.6. The summed E-state index contributed by atoms with van der Waals surface area (Å²) >= 11 is 0. The van der Waals surface area contributed by atoms with E-state index < -0.39 is 0 Å². The first-order valence-electron chi connectivity index (χ1n) is 7.44. The molecule has 1 aromatic carbocycles. The highest BCUT2D eigenvalue weighted by Crippen LogP contribution is 2.33. The van der Waals surface area contributed by atoms with Gasteiger partial charge in [-0.3, -0.25) is 4.79 Å². The molecular formula is C18H19NO3. The van der Waals surface area contributed by atoms with E-state index in [4.69, 9.17) is 9.15 Å². The maximum atomic E-state index is 12.4. The van der Waals surface area contributed by atoms with Crippen LogP contribution in [0.15, 0.2) is 53.2 Å². The summed E-state index contributed by atoms with van der Waals surface area (Å²) in [5, 5.41) is 0. The molecule has 1 atom stereocenters. The molecule has 2 heterocycles. The molecule has 1 aromatic heterocycles. The molecule has 0 spiro atoms. The molecule has 2 aromatic rings. The van der Waals surface area contributed by atoms with Gasteiger partial charge < -0.3 is 14.1 Å². The highest BCUT2D eigenvalue weighted by molar-refractivity contribution is 5.91. The number of likely N-dealkylation sites (tertiary alicyclic amines) is 1. The van der Waals surface area contributed by atoms with Crippen LogP contribution in [0.4, 0.5) is 0 Å². The highest BCUT2D eigenvalue weighted by atomic mass is 16.5. The number of methoxy groups -OCH3 is 1. The van der Waals surface area contributed by atoms with E-state index in [0.717, 1.165) is 30.7 Å². The second-order valence-electron chi connectivity index (χ2n) is 5.32. The molecule has 1 aliphatic heterocycles. The lowest BCUT2D eigenvalue weighted by molar-refractivity contribution is -0.126. The molecule has 4 nitrogen and oxygen atoms in total. The fourth-order valence-corrected chi connectivity index (χ4v) is 2.86. The molecule has 22 heavy (non-hydrogen) atoms. The topological polar surface area (TPSA) is 42.7 Å². The van der Waals surface area contributed by atoms with Crippen molar-refractivity contribution < 1.29 is 13.9 Å². The maximum absolute atomic E-state index is 12.4. The first-order valence-corrected chi connectivity index (χ1v) is 7.44. The van der Waals surface area contributed by atoms with Gasteiger partial charge in [-0.15, -0.1) is 0 Å². The molecule has 1 saturated heterocycles. The van der Waals surface area contributed by atoms with Gasteiger partial charge in [-0.25, -0.2) is 0 Å². The quantitative estimate of drug-likeness (QED) is 0.809. The van der Waals surface area contributed by atoms with Gasteiger partial charge >= 0.3 is 0 Å². The fraction of sp³-hybridized carbons (Fsp3) is 0.278. The molecule has 4 heteroatoms. The minimum absolute atomic E-state index is 0.0155. The summed E-state index contributed by atoms with van der Waals surface area (Å²) in [4.78, 5) is 14.4. The van der Waals surface area contributed by atoms with Gasteiger partial charge in [0.15, 0.2) is 0 Å². The van der Waals surface area contributed by atoms with Crippen molar-refractivity contribution in [3.05, 3.63) is 60.1 Å². The number of furan rings is 1. The number of hydrogen-bond acceptors (Lipinski definition) is 3. The zero-order chi connectivity index (χ0) is 15.4. The molecule has 1 fully saturated rings. The number of benzene rings is 1. The second-order valence-corrected chi connectivity index (χ2v) is 5.32. The van der Waals surface area contributed by atoms with Crippen LogP contribution in [0.5, 0.6) is 5.75 Å². The van der Waals surface area contributed by atoms with Gasteiger partial charge in [0.1, 0.15) is 11.5 Å². The summed E-state index contributed by atoms with van der Waals surface area (Å²) in [5.41, 5.74) is 1.12. The van der Waals surface area contributed by atoms with Crippen molar-refractivity contribution in [1.82, 2.24) is 4.90 Å². The molecule has 1 amide bonds. The number of nitrogens with zero attached hydrogens (tertiary/aromatic N) is 1. The lowest BCUT2D eigenvalue weighted by Gasteiger charge is -2.24. The summed E-state index contributed by atoms with van der Waals surface area (Å²) < 4.78 is 10.5. The molecule has 0 radical (unpaired) electrons. The molecule has 0 N–H and O–H groups in total. The molecule has 114 valence electrons. The van der Waals surface area contributed by atoms with Gasteiger partial charge in [-0.05, 0) is 48.7 Å². The second kappa shape index (κ2) is 6.52. The third-order valence-electron chi connectivity index (χ3n) is 3.95. The Morgan fingerprint density at radius 3 is 3.05 bits per heavy atom. The molecule has 1 aliphatic rings. The summed E-state index contributed by atoms with van der Waals surface area (Å²) in [7, 11) is 1.66. The Bertz CT molecular complexity index is 661. The monoisotopic (exact) mass is 297 g/mol. The zero-order valence-corrected chi connectivity index (χ0v) is 12.6. The first-order chi connectivity index (χ1) is 10.8. The van der Waals surface area contributed by atoms with Gasteiger partial charge in [0.2, 0.25) is 5.91 Å². The summed E-state index contributed by atoms with van der Waals surface area (Å²) in [6.07, 6.45) is 6.88. The van der Waals surface area contributed by atoms with E-state index in [1.54, 1.807) is 31.6 Å². The normalized spacial score (nSPS) is 18.0. The molecule has 0 bridgehead atoms. The van der Waals surface area contributed by atoms with Crippen molar-refractivity contribution in [3.63, 3.8) is 0 Å². The van der Waals surface area contributed by atoms with Crippen LogP contribution < -0.4 is 4.74 Å². The SMILES string of the molecule is COc1cccc(C2CCCN2C(=O)/C=C/c2ccco2)c1. The van der Waals surface area contributed by atoms with Crippen LogP contribution >= 0.6 is 0 Å². The van der Waals surface area contributed by atoms with Gasteiger partial charge in [-0.1, -0.05) is 12.1 Å². The van der Waals surface area contributed by atoms with Gasteiger partial charge in [-0.2, -0.15) is 0 Å². The van der Waals surface area contributed by atoms with Crippen LogP contribution in [0, 0.1) is 0 Å². The standard InChI is InChI=1S/C18H19NO3/c1-21-16-6-2-5-14(13-16)17-8-3-11-19(17)18(20)10-9-15-7-4-12-22-15/h2,4-7,9-10,12-13,17H,3,8,11H2,1H3/b10-9+. The smallest absolute Gasteiger partial charge is 0.247 e. The first kappa shape index (κ1) is 14.4. The minimum Gasteiger partial charge on any atom is -0.497 e. The van der Waals surface area contributed by atoms with Crippen molar-refractivity contribution in [2.45, 2.75) is 18.9 Å². The minimum atomic E-state index is 0.0155. The van der Waals surface area contributed by atoms with Gasteiger partial charge in [0, 0.05) is 12.6 Å². The lowest BCUT2D eigenvalue weighted by atomic mass is 10.0. The number of rotatable bonds is 4. The average Bonchev–Trinajstić information content (AvgIpc) is 3.24. The predicted octanol–water partition coefficient (Wildman–Crippen LogP) is 3.67. The third-order valence-corrected chi connectivity index (χ3v) is 3.95. The van der Waals surface area contributed by atoms with Crippen molar-refractivity contribution in [3.8, 4) is 5.75 Å². The van der Waals surface area contributed by atoms with Crippen molar-refractivity contribution >= 4 is 12.0 Å². The van der Waals surface area contributed by atoms with Gasteiger partial charge in [0.05, 0.1) is 19.4 Å². The highest BCUT2D eigenvalue weighted by Gasteiger charge is 2.28. The third kappa shape index (κ3) is 3.06. The Kier molecular flexibility index (Phi) is 4.28. The molecular weight excluding hydrogens is 278 g/mol. The Morgan fingerprint density at radius 2 is 2.27 bits per heavy atom. The molecule has 0 saturated carbocycles. The van der Waals surface area contributed by atoms with Crippen LogP contribution in [0.3, 0.4) is 0 Å². The van der Waals surface area contributed by atoms with Crippen LogP contribution in [-0.2, 0) is 4.79 Å². The van der Waals surface area contributed by atoms with Crippen molar-refractivity contribution in [1.29, 1.82) is 0 Å². The van der Waals surface area contributed by atoms with Crippen molar-refractivity contribution in [2.75, 3.05) is 13.7 Å². The fourth-order valence-electron chi connectivity index (χ4n) is 2.86. The lowest BCUT2D eigenvalue weighted by Crippen LogP contribution is -2.28. The Morgan fingerprint density at radius 1 is 1.36 bits per heavy atom. The van der Waals surface area contributed by atoms with E-state index >= 15 is 0 Å². The van der Waals surface area contributed by atoms with Crippen LogP contribution in [0.25, 0.3) is 6.08 Å². The van der Waals surface area contributed by atoms with E-state index in [9.17, 15) is 4.79 Å². The van der Waals surface area contributed by atoms with E-state index in [0.29, 0.717) is 5.76 Å². The number of ether oxygens (including phenoxy) is 1. The van der Waals surface area contributed by atoms with E-state index in [1.165, 1.54) is 0 Å². The van der Waals surface area contributed by atoms with Crippen LogP contribution in [-0.4, -0.2) is 24.5 Å². The average molecular weight is 297 g/mol. The number of amides is 1. The number of carbonyl (C=O) groups excluding carboxylic acids is 1. The van der Waals surface area contributed by atoms with Crippen LogP contribution in [0.2, 0.25) is 0 Å². The Hall–Kier alpha value is -2.49. The predicted molar refractivity (Wildman–Crippen MR) is 84.4 cm³/mol. The largest absolute Gasteiger partial charge is 0.497 e. The van der Waals surface area contributed by atoms with E-state index in [-0.39, 0.29) is 11.9 Å². The van der Waals surface area contributed by atoms with E-state index in [2.05, 4.69) is 6.07 Å². The Labute approximate surface area is 130 Å². The summed E-state index contributed by atoms with van der Waals surface area (Å²) in [5.74, 6) is 1.52. The van der Waals surface area contributed by atoms with E-state index in [1.807, 2.05) is 29.2 Å². The number of hydrogen-bond donors (Lipinski definition) is 0. The van der Waals surface area contributed by atoms with Crippen LogP contribution in [0.1, 0.15) is 30.2 Å². The molecule has 0 aliphatic carbocycles. The molecule has 3 rings (SSSR count). The summed E-state index contributed by atoms with van der Waals surface area (Å²) in [6.45, 7) is 0.781. The molecule has 1 unspecified atom stereocenters. The van der Waals surface area contributed by atoms with Gasteiger partial charge in [0.25, 0.3) is 0 Å².